The van der Waals surface area contributed by atoms with Crippen LogP contribution >= 0.6 is 11.6 Å². The van der Waals surface area contributed by atoms with Crippen LogP contribution in [0.1, 0.15) is 18.4 Å². The van der Waals surface area contributed by atoms with E-state index in [-0.39, 0.29) is 11.4 Å². The number of ether oxygens (including phenoxy) is 1. The van der Waals surface area contributed by atoms with Gasteiger partial charge in [0.05, 0.1) is 5.69 Å². The molecule has 0 bridgehead atoms. The Hall–Kier alpha value is -2.73. The minimum Gasteiger partial charge on any atom is -0.489 e. The molecule has 1 aliphatic rings. The van der Waals surface area contributed by atoms with Crippen molar-refractivity contribution in [2.75, 3.05) is 0 Å². The van der Waals surface area contributed by atoms with Gasteiger partial charge in [-0.15, -0.1) is 0 Å². The summed E-state index contributed by atoms with van der Waals surface area (Å²) in [6, 6.07) is 14.4. The zero-order chi connectivity index (χ0) is 18.1. The monoisotopic (exact) mass is 371 g/mol. The second-order valence-electron chi connectivity index (χ2n) is 6.26. The van der Waals surface area contributed by atoms with Crippen molar-refractivity contribution in [3.8, 4) is 11.4 Å². The molecule has 134 valence electrons. The molecular formula is C19H18ClN3O3. The Morgan fingerprint density at radius 3 is 2.00 bits per heavy atom. The molecule has 7 heteroatoms. The van der Waals surface area contributed by atoms with Gasteiger partial charge in [-0.25, -0.2) is 23.5 Å². The highest BCUT2D eigenvalue weighted by Gasteiger charge is 2.19. The summed E-state index contributed by atoms with van der Waals surface area (Å²) >= 11 is 5.87. The SMILES string of the molecule is O=c1n(-c2ccc(OCc3ccc(Cl)cc3)cc2)c(=O)n2n1CCCC2. The van der Waals surface area contributed by atoms with Crippen LogP contribution < -0.4 is 16.1 Å². The lowest BCUT2D eigenvalue weighted by Gasteiger charge is -2.13. The van der Waals surface area contributed by atoms with Crippen LogP contribution in [-0.4, -0.2) is 13.9 Å². The third-order valence-corrected chi connectivity index (χ3v) is 4.77. The summed E-state index contributed by atoms with van der Waals surface area (Å²) in [7, 11) is 0. The predicted octanol–water partition coefficient (Wildman–Crippen LogP) is 2.83. The van der Waals surface area contributed by atoms with Crippen molar-refractivity contribution < 1.29 is 4.74 Å². The molecule has 0 radical (unpaired) electrons. The minimum atomic E-state index is -0.287. The van der Waals surface area contributed by atoms with Crippen LogP contribution in [0.5, 0.6) is 5.75 Å². The van der Waals surface area contributed by atoms with E-state index in [0.29, 0.717) is 36.2 Å². The Balaban J connectivity index is 1.55. The van der Waals surface area contributed by atoms with Crippen LogP contribution in [0, 0.1) is 0 Å². The summed E-state index contributed by atoms with van der Waals surface area (Å²) in [6.07, 6.45) is 1.83. The van der Waals surface area contributed by atoms with E-state index in [4.69, 9.17) is 16.3 Å². The number of hydrogen-bond donors (Lipinski definition) is 0. The highest BCUT2D eigenvalue weighted by Crippen LogP contribution is 2.17. The van der Waals surface area contributed by atoms with E-state index in [1.165, 1.54) is 13.9 Å². The van der Waals surface area contributed by atoms with Crippen LogP contribution in [0.3, 0.4) is 0 Å². The fraction of sp³-hybridized carbons (Fsp3) is 0.263. The number of aromatic nitrogens is 3. The third kappa shape index (κ3) is 3.08. The average Bonchev–Trinajstić information content (AvgIpc) is 2.93. The zero-order valence-corrected chi connectivity index (χ0v) is 14.9. The second-order valence-corrected chi connectivity index (χ2v) is 6.70. The summed E-state index contributed by atoms with van der Waals surface area (Å²) in [5.41, 5.74) is 0.982. The van der Waals surface area contributed by atoms with E-state index < -0.39 is 0 Å². The Kier molecular flexibility index (Phi) is 4.42. The molecule has 0 amide bonds. The molecule has 2 heterocycles. The maximum atomic E-state index is 12.5. The molecule has 2 aromatic carbocycles. The summed E-state index contributed by atoms with van der Waals surface area (Å²) in [6.45, 7) is 1.59. The fourth-order valence-corrected chi connectivity index (χ4v) is 3.26. The molecular weight excluding hydrogens is 354 g/mol. The molecule has 3 aromatic rings. The van der Waals surface area contributed by atoms with Crippen molar-refractivity contribution in [3.05, 3.63) is 80.1 Å². The molecule has 1 aromatic heterocycles. The molecule has 26 heavy (non-hydrogen) atoms. The second kappa shape index (κ2) is 6.88. The van der Waals surface area contributed by atoms with E-state index in [0.717, 1.165) is 18.4 Å². The Morgan fingerprint density at radius 2 is 1.42 bits per heavy atom. The number of rotatable bonds is 4. The van der Waals surface area contributed by atoms with Crippen LogP contribution in [0.15, 0.2) is 58.1 Å². The van der Waals surface area contributed by atoms with Gasteiger partial charge in [0.15, 0.2) is 0 Å². The molecule has 0 aliphatic carbocycles. The summed E-state index contributed by atoms with van der Waals surface area (Å²) in [4.78, 5) is 25.0. The zero-order valence-electron chi connectivity index (χ0n) is 14.1. The van der Waals surface area contributed by atoms with Gasteiger partial charge in [0.1, 0.15) is 12.4 Å². The van der Waals surface area contributed by atoms with E-state index in [1.807, 2.05) is 24.3 Å². The van der Waals surface area contributed by atoms with Crippen LogP contribution in [0.25, 0.3) is 5.69 Å². The molecule has 0 N–H and O–H groups in total. The highest BCUT2D eigenvalue weighted by atomic mass is 35.5. The van der Waals surface area contributed by atoms with Gasteiger partial charge in [-0.05, 0) is 54.8 Å². The van der Waals surface area contributed by atoms with Gasteiger partial charge < -0.3 is 4.74 Å². The number of hydrogen-bond acceptors (Lipinski definition) is 3. The van der Waals surface area contributed by atoms with Crippen molar-refractivity contribution in [2.45, 2.75) is 32.5 Å². The van der Waals surface area contributed by atoms with Gasteiger partial charge in [-0.1, -0.05) is 23.7 Å². The van der Waals surface area contributed by atoms with Crippen LogP contribution in [0.4, 0.5) is 0 Å². The molecule has 0 saturated carbocycles. The van der Waals surface area contributed by atoms with Gasteiger partial charge in [0.25, 0.3) is 0 Å². The molecule has 6 nitrogen and oxygen atoms in total. The van der Waals surface area contributed by atoms with Crippen LogP contribution in [0.2, 0.25) is 5.02 Å². The fourth-order valence-electron chi connectivity index (χ4n) is 3.13. The highest BCUT2D eigenvalue weighted by molar-refractivity contribution is 6.30. The summed E-state index contributed by atoms with van der Waals surface area (Å²) in [5, 5.41) is 0.685. The topological polar surface area (TPSA) is 58.2 Å². The van der Waals surface area contributed by atoms with E-state index >= 15 is 0 Å². The molecule has 0 saturated heterocycles. The van der Waals surface area contributed by atoms with Crippen molar-refractivity contribution in [2.24, 2.45) is 0 Å². The first-order chi connectivity index (χ1) is 12.6. The average molecular weight is 372 g/mol. The van der Waals surface area contributed by atoms with Gasteiger partial charge >= 0.3 is 11.4 Å². The predicted molar refractivity (Wildman–Crippen MR) is 99.3 cm³/mol. The quantitative estimate of drug-likeness (QED) is 0.708. The largest absolute Gasteiger partial charge is 0.489 e. The molecule has 0 spiro atoms. The van der Waals surface area contributed by atoms with Crippen LogP contribution in [-0.2, 0) is 19.7 Å². The van der Waals surface area contributed by atoms with Gasteiger partial charge in [-0.2, -0.15) is 0 Å². The van der Waals surface area contributed by atoms with Crippen molar-refractivity contribution >= 4 is 11.6 Å². The van der Waals surface area contributed by atoms with E-state index in [2.05, 4.69) is 0 Å². The standard InChI is InChI=1S/C19H18ClN3O3/c20-15-5-3-14(4-6-15)13-26-17-9-7-16(8-10-17)23-18(24)21-11-1-2-12-22(21)19(23)25/h3-10H,1-2,11-13H2. The summed E-state index contributed by atoms with van der Waals surface area (Å²) in [5.74, 6) is 0.667. The normalized spacial score (nSPS) is 13.4. The smallest absolute Gasteiger partial charge is 0.351 e. The first-order valence-electron chi connectivity index (χ1n) is 8.54. The molecule has 4 rings (SSSR count). The number of halogens is 1. The maximum Gasteiger partial charge on any atom is 0.351 e. The first kappa shape index (κ1) is 16.7. The van der Waals surface area contributed by atoms with Crippen molar-refractivity contribution in [1.82, 2.24) is 13.9 Å². The molecule has 1 aliphatic heterocycles. The Labute approximate surface area is 154 Å². The lowest BCUT2D eigenvalue weighted by molar-refractivity contribution is 0.306. The maximum absolute atomic E-state index is 12.5. The summed E-state index contributed by atoms with van der Waals surface area (Å²) < 4.78 is 10.0. The Morgan fingerprint density at radius 1 is 0.846 bits per heavy atom. The lowest BCUT2D eigenvalue weighted by atomic mass is 10.2. The van der Waals surface area contributed by atoms with Gasteiger partial charge in [0.2, 0.25) is 0 Å². The third-order valence-electron chi connectivity index (χ3n) is 4.52. The molecule has 0 atom stereocenters. The number of fused-ring (bicyclic) bond motifs is 1. The van der Waals surface area contributed by atoms with Gasteiger partial charge in [0, 0.05) is 18.1 Å². The van der Waals surface area contributed by atoms with E-state index in [9.17, 15) is 9.59 Å². The Bertz CT molecular complexity index is 992. The minimum absolute atomic E-state index is 0.287. The number of benzene rings is 2. The molecule has 0 unspecified atom stereocenters. The first-order valence-corrected chi connectivity index (χ1v) is 8.91. The van der Waals surface area contributed by atoms with Gasteiger partial charge in [-0.3, -0.25) is 0 Å². The molecule has 0 fully saturated rings. The lowest BCUT2D eigenvalue weighted by Crippen LogP contribution is -2.30. The van der Waals surface area contributed by atoms with E-state index in [1.54, 1.807) is 24.3 Å². The van der Waals surface area contributed by atoms with Crippen molar-refractivity contribution in [1.29, 1.82) is 0 Å². The van der Waals surface area contributed by atoms with Crippen molar-refractivity contribution in [3.63, 3.8) is 0 Å². The number of nitrogens with zero attached hydrogens (tertiary/aromatic N) is 3.